The van der Waals surface area contributed by atoms with Crippen LogP contribution in [0.25, 0.3) is 10.8 Å². The zero-order chi connectivity index (χ0) is 14.3. The molecule has 4 rings (SSSR count). The Morgan fingerprint density at radius 2 is 1.76 bits per heavy atom. The van der Waals surface area contributed by atoms with Gasteiger partial charge >= 0.3 is 0 Å². The van der Waals surface area contributed by atoms with Crippen LogP contribution in [0.5, 0.6) is 0 Å². The van der Waals surface area contributed by atoms with E-state index in [9.17, 15) is 5.11 Å². The van der Waals surface area contributed by atoms with Gasteiger partial charge in [0.2, 0.25) is 0 Å². The second-order valence-electron chi connectivity index (χ2n) is 7.23. The van der Waals surface area contributed by atoms with Crippen molar-refractivity contribution in [3.8, 4) is 0 Å². The molecule has 1 N–H and O–H groups in total. The zero-order valence-corrected chi connectivity index (χ0v) is 12.6. The van der Waals surface area contributed by atoms with Crippen LogP contribution in [0.3, 0.4) is 0 Å². The van der Waals surface area contributed by atoms with E-state index in [1.165, 1.54) is 42.0 Å². The van der Waals surface area contributed by atoms with Gasteiger partial charge in [-0.15, -0.1) is 0 Å². The van der Waals surface area contributed by atoms with E-state index < -0.39 is 5.60 Å². The Balaban J connectivity index is 1.61. The number of fused-ring (bicyclic) bond motifs is 1. The number of aliphatic hydroxyl groups is 1. The third kappa shape index (κ3) is 2.72. The summed E-state index contributed by atoms with van der Waals surface area (Å²) < 4.78 is 0. The maximum Gasteiger partial charge on any atom is 0.0690 e. The topological polar surface area (TPSA) is 20.2 Å². The zero-order valence-electron chi connectivity index (χ0n) is 12.6. The molecule has 0 amide bonds. The minimum Gasteiger partial charge on any atom is -0.390 e. The van der Waals surface area contributed by atoms with Crippen LogP contribution in [0.4, 0.5) is 0 Å². The predicted molar refractivity (Wildman–Crippen MR) is 87.3 cm³/mol. The highest BCUT2D eigenvalue weighted by atomic mass is 16.3. The fourth-order valence-electron chi connectivity index (χ4n) is 4.32. The second kappa shape index (κ2) is 5.14. The molecule has 2 aliphatic carbocycles. The van der Waals surface area contributed by atoms with Gasteiger partial charge in [-0.3, -0.25) is 0 Å². The Labute approximate surface area is 127 Å². The molecule has 2 aromatic rings. The summed E-state index contributed by atoms with van der Waals surface area (Å²) in [4.78, 5) is 0. The van der Waals surface area contributed by atoms with E-state index in [2.05, 4.69) is 42.5 Å². The van der Waals surface area contributed by atoms with Gasteiger partial charge < -0.3 is 5.11 Å². The van der Waals surface area contributed by atoms with Crippen molar-refractivity contribution in [3.63, 3.8) is 0 Å². The highest BCUT2D eigenvalue weighted by Gasteiger charge is 2.41. The molecule has 110 valence electrons. The molecule has 1 nitrogen and oxygen atoms in total. The lowest BCUT2D eigenvalue weighted by Gasteiger charge is -2.37. The highest BCUT2D eigenvalue weighted by molar-refractivity contribution is 5.85. The van der Waals surface area contributed by atoms with Gasteiger partial charge in [0.05, 0.1) is 5.60 Å². The third-order valence-corrected chi connectivity index (χ3v) is 5.55. The molecule has 0 aliphatic heterocycles. The lowest BCUT2D eigenvalue weighted by Crippen LogP contribution is -2.38. The number of benzene rings is 2. The van der Waals surface area contributed by atoms with E-state index in [1.807, 2.05) is 0 Å². The third-order valence-electron chi connectivity index (χ3n) is 5.55. The van der Waals surface area contributed by atoms with Crippen LogP contribution in [0.1, 0.15) is 44.1 Å². The van der Waals surface area contributed by atoms with Crippen molar-refractivity contribution in [2.75, 3.05) is 0 Å². The summed E-state index contributed by atoms with van der Waals surface area (Å²) in [5.41, 5.74) is 0.836. The Bertz CT molecular complexity index is 638. The van der Waals surface area contributed by atoms with Crippen molar-refractivity contribution in [1.29, 1.82) is 0 Å². The molecule has 0 aromatic heterocycles. The maximum absolute atomic E-state index is 11.1. The number of hydrogen-bond acceptors (Lipinski definition) is 1. The van der Waals surface area contributed by atoms with E-state index >= 15 is 0 Å². The van der Waals surface area contributed by atoms with E-state index in [0.29, 0.717) is 0 Å². The fraction of sp³-hybridized carbons (Fsp3) is 0.500. The minimum absolute atomic E-state index is 0.477. The first-order valence-electron chi connectivity index (χ1n) is 8.43. The summed E-state index contributed by atoms with van der Waals surface area (Å²) >= 11 is 0. The fourth-order valence-corrected chi connectivity index (χ4v) is 4.32. The van der Waals surface area contributed by atoms with Crippen LogP contribution in [-0.4, -0.2) is 10.7 Å². The molecule has 2 atom stereocenters. The van der Waals surface area contributed by atoms with Crippen molar-refractivity contribution in [1.82, 2.24) is 0 Å². The molecule has 21 heavy (non-hydrogen) atoms. The molecular weight excluding hydrogens is 256 g/mol. The highest BCUT2D eigenvalue weighted by Crippen LogP contribution is 2.47. The largest absolute Gasteiger partial charge is 0.390 e. The number of hydrogen-bond donors (Lipinski definition) is 1. The Kier molecular flexibility index (Phi) is 3.26. The van der Waals surface area contributed by atoms with Crippen molar-refractivity contribution in [2.24, 2.45) is 11.8 Å². The lowest BCUT2D eigenvalue weighted by atomic mass is 9.73. The van der Waals surface area contributed by atoms with Crippen molar-refractivity contribution in [3.05, 3.63) is 48.0 Å². The first-order valence-corrected chi connectivity index (χ1v) is 8.43. The Morgan fingerprint density at radius 3 is 2.62 bits per heavy atom. The SMILES string of the molecule is OC1(Cc2cccc3ccccc23)CCCC(C2CC2)C1. The maximum atomic E-state index is 11.1. The van der Waals surface area contributed by atoms with Gasteiger partial charge in [0.1, 0.15) is 0 Å². The van der Waals surface area contributed by atoms with Gasteiger partial charge in [0.15, 0.2) is 0 Å². The van der Waals surface area contributed by atoms with Crippen LogP contribution in [0, 0.1) is 11.8 Å². The first kappa shape index (κ1) is 13.3. The van der Waals surface area contributed by atoms with Crippen LogP contribution >= 0.6 is 0 Å². The molecule has 0 bridgehead atoms. The van der Waals surface area contributed by atoms with Gasteiger partial charge in [-0.1, -0.05) is 48.9 Å². The molecule has 0 spiro atoms. The summed E-state index contributed by atoms with van der Waals surface area (Å²) in [5.74, 6) is 1.70. The molecule has 2 aromatic carbocycles. The van der Waals surface area contributed by atoms with Gasteiger partial charge in [0.25, 0.3) is 0 Å². The van der Waals surface area contributed by atoms with E-state index in [-0.39, 0.29) is 0 Å². The molecule has 0 radical (unpaired) electrons. The van der Waals surface area contributed by atoms with Crippen molar-refractivity contribution >= 4 is 10.8 Å². The molecule has 2 unspecified atom stereocenters. The molecule has 2 fully saturated rings. The van der Waals surface area contributed by atoms with E-state index in [4.69, 9.17) is 0 Å². The quantitative estimate of drug-likeness (QED) is 0.863. The van der Waals surface area contributed by atoms with Crippen LogP contribution in [-0.2, 0) is 6.42 Å². The van der Waals surface area contributed by atoms with Crippen LogP contribution < -0.4 is 0 Å². The molecule has 1 heteroatoms. The summed E-state index contributed by atoms with van der Waals surface area (Å²) in [6.07, 6.45) is 8.13. The average Bonchev–Trinajstić information content (AvgIpc) is 3.32. The van der Waals surface area contributed by atoms with Crippen LogP contribution in [0.15, 0.2) is 42.5 Å². The summed E-state index contributed by atoms with van der Waals surface area (Å²) in [6, 6.07) is 15.0. The summed E-state index contributed by atoms with van der Waals surface area (Å²) in [6.45, 7) is 0. The van der Waals surface area contributed by atoms with Crippen molar-refractivity contribution in [2.45, 2.75) is 50.5 Å². The standard InChI is InChI=1S/C20H24O/c21-20(12-4-8-17(13-20)15-10-11-15)14-18-7-3-6-16-5-1-2-9-19(16)18/h1-3,5-7,9,15,17,21H,4,8,10-14H2. The van der Waals surface area contributed by atoms with Crippen molar-refractivity contribution < 1.29 is 5.11 Å². The molecule has 2 aliphatic rings. The van der Waals surface area contributed by atoms with Gasteiger partial charge in [0, 0.05) is 6.42 Å². The second-order valence-corrected chi connectivity index (χ2v) is 7.23. The number of rotatable bonds is 3. The molecule has 0 heterocycles. The molecule has 0 saturated heterocycles. The smallest absolute Gasteiger partial charge is 0.0690 e. The molecule has 2 saturated carbocycles. The predicted octanol–water partition coefficient (Wildman–Crippen LogP) is 4.71. The summed E-state index contributed by atoms with van der Waals surface area (Å²) in [5, 5.41) is 13.7. The van der Waals surface area contributed by atoms with Gasteiger partial charge in [-0.05, 0) is 60.3 Å². The van der Waals surface area contributed by atoms with E-state index in [1.54, 1.807) is 0 Å². The molecular formula is C20H24O. The summed E-state index contributed by atoms with van der Waals surface area (Å²) in [7, 11) is 0. The average molecular weight is 280 g/mol. The van der Waals surface area contributed by atoms with E-state index in [0.717, 1.165) is 31.1 Å². The normalized spacial score (nSPS) is 29.7. The Morgan fingerprint density at radius 1 is 0.952 bits per heavy atom. The monoisotopic (exact) mass is 280 g/mol. The lowest BCUT2D eigenvalue weighted by molar-refractivity contribution is -0.0193. The van der Waals surface area contributed by atoms with Crippen LogP contribution in [0.2, 0.25) is 0 Å². The minimum atomic E-state index is -0.477. The Hall–Kier alpha value is -1.34. The van der Waals surface area contributed by atoms with Gasteiger partial charge in [-0.25, -0.2) is 0 Å². The van der Waals surface area contributed by atoms with Gasteiger partial charge in [-0.2, -0.15) is 0 Å². The first-order chi connectivity index (χ1) is 10.2.